The van der Waals surface area contributed by atoms with Gasteiger partial charge in [0.05, 0.1) is 13.0 Å². The van der Waals surface area contributed by atoms with Crippen molar-refractivity contribution in [3.8, 4) is 5.75 Å². The number of rotatable bonds is 8. The lowest BCUT2D eigenvalue weighted by Crippen LogP contribution is -2.14. The van der Waals surface area contributed by atoms with E-state index < -0.39 is 12.0 Å². The highest BCUT2D eigenvalue weighted by molar-refractivity contribution is 5.67. The summed E-state index contributed by atoms with van der Waals surface area (Å²) >= 11 is 0. The van der Waals surface area contributed by atoms with Gasteiger partial charge in [-0.2, -0.15) is 0 Å². The number of hydrogen-bond donors (Lipinski definition) is 2. The summed E-state index contributed by atoms with van der Waals surface area (Å²) in [5.74, 6) is -0.0835. The normalized spacial score (nSPS) is 12.1. The third-order valence-corrected chi connectivity index (χ3v) is 2.72. The predicted molar refractivity (Wildman–Crippen MR) is 70.6 cm³/mol. The van der Waals surface area contributed by atoms with E-state index in [-0.39, 0.29) is 6.42 Å². The molecule has 0 spiro atoms. The van der Waals surface area contributed by atoms with E-state index in [4.69, 9.17) is 15.6 Å². The molecule has 1 aromatic carbocycles. The number of nitrogens with two attached hydrogens (primary N) is 1. The Balaban J connectivity index is 2.44. The van der Waals surface area contributed by atoms with E-state index in [1.54, 1.807) is 0 Å². The second kappa shape index (κ2) is 7.71. The molecule has 3 N–H and O–H groups in total. The summed E-state index contributed by atoms with van der Waals surface area (Å²) in [6.07, 6.45) is 3.33. The van der Waals surface area contributed by atoms with Gasteiger partial charge in [0, 0.05) is 6.04 Å². The zero-order valence-corrected chi connectivity index (χ0v) is 10.8. The molecule has 1 atom stereocenters. The van der Waals surface area contributed by atoms with E-state index in [0.29, 0.717) is 6.61 Å². The highest BCUT2D eigenvalue weighted by Gasteiger charge is 2.10. The first kappa shape index (κ1) is 14.5. The topological polar surface area (TPSA) is 72.5 Å². The van der Waals surface area contributed by atoms with Gasteiger partial charge in [-0.3, -0.25) is 4.79 Å². The molecule has 0 saturated heterocycles. The molecule has 1 unspecified atom stereocenters. The van der Waals surface area contributed by atoms with Crippen LogP contribution in [0.15, 0.2) is 24.3 Å². The average molecular weight is 251 g/mol. The van der Waals surface area contributed by atoms with Crippen molar-refractivity contribution in [3.05, 3.63) is 29.8 Å². The van der Waals surface area contributed by atoms with Gasteiger partial charge in [-0.1, -0.05) is 31.9 Å². The number of ether oxygens (including phenoxy) is 1. The van der Waals surface area contributed by atoms with Crippen LogP contribution in [0.5, 0.6) is 5.75 Å². The molecule has 0 bridgehead atoms. The SMILES string of the molecule is CCCCCOc1ccc(C(N)CC(=O)O)cc1. The fraction of sp³-hybridized carbons (Fsp3) is 0.500. The fourth-order valence-electron chi connectivity index (χ4n) is 1.66. The van der Waals surface area contributed by atoms with Crippen LogP contribution in [0.4, 0.5) is 0 Å². The van der Waals surface area contributed by atoms with Crippen LogP contribution in [0.3, 0.4) is 0 Å². The summed E-state index contributed by atoms with van der Waals surface area (Å²) in [5.41, 5.74) is 6.58. The molecule has 0 aliphatic heterocycles. The molecule has 100 valence electrons. The Hall–Kier alpha value is -1.55. The molecule has 1 aromatic rings. The molecular formula is C14H21NO3. The smallest absolute Gasteiger partial charge is 0.305 e. The molecule has 0 amide bonds. The summed E-state index contributed by atoms with van der Waals surface area (Å²) in [5, 5.41) is 8.66. The lowest BCUT2D eigenvalue weighted by molar-refractivity contribution is -0.137. The molecule has 0 heterocycles. The highest BCUT2D eigenvalue weighted by atomic mass is 16.5. The number of unbranched alkanes of at least 4 members (excludes halogenated alkanes) is 2. The second-order valence-electron chi connectivity index (χ2n) is 4.33. The van der Waals surface area contributed by atoms with E-state index in [0.717, 1.165) is 17.7 Å². The molecule has 0 aromatic heterocycles. The molecule has 1 rings (SSSR count). The van der Waals surface area contributed by atoms with E-state index in [2.05, 4.69) is 6.92 Å². The molecule has 0 aliphatic rings. The third kappa shape index (κ3) is 5.19. The van der Waals surface area contributed by atoms with Gasteiger partial charge in [0.25, 0.3) is 0 Å². The van der Waals surface area contributed by atoms with Crippen molar-refractivity contribution in [2.75, 3.05) is 6.61 Å². The molecule has 0 radical (unpaired) electrons. The number of carboxylic acid groups (broad SMARTS) is 1. The Labute approximate surface area is 108 Å². The van der Waals surface area contributed by atoms with Crippen LogP contribution in [-0.4, -0.2) is 17.7 Å². The van der Waals surface area contributed by atoms with Crippen LogP contribution in [-0.2, 0) is 4.79 Å². The number of hydrogen-bond acceptors (Lipinski definition) is 3. The lowest BCUT2D eigenvalue weighted by atomic mass is 10.0. The van der Waals surface area contributed by atoms with Crippen LogP contribution in [0.1, 0.15) is 44.2 Å². The Morgan fingerprint density at radius 2 is 2.00 bits per heavy atom. The van der Waals surface area contributed by atoms with Gasteiger partial charge in [0.2, 0.25) is 0 Å². The maximum Gasteiger partial charge on any atom is 0.305 e. The van der Waals surface area contributed by atoms with Crippen LogP contribution in [0, 0.1) is 0 Å². The van der Waals surface area contributed by atoms with Crippen molar-refractivity contribution in [2.45, 2.75) is 38.6 Å². The minimum atomic E-state index is -0.887. The van der Waals surface area contributed by atoms with Crippen LogP contribution < -0.4 is 10.5 Å². The summed E-state index contributed by atoms with van der Waals surface area (Å²) in [6, 6.07) is 6.86. The van der Waals surface area contributed by atoms with E-state index in [1.807, 2.05) is 24.3 Å². The third-order valence-electron chi connectivity index (χ3n) is 2.72. The quantitative estimate of drug-likeness (QED) is 0.697. The standard InChI is InChI=1S/C14H21NO3/c1-2-3-4-9-18-12-7-5-11(6-8-12)13(15)10-14(16)17/h5-8,13H,2-4,9-10,15H2,1H3,(H,16,17). The zero-order chi connectivity index (χ0) is 13.4. The van der Waals surface area contributed by atoms with Crippen molar-refractivity contribution < 1.29 is 14.6 Å². The number of carbonyl (C=O) groups is 1. The Bertz CT molecular complexity index is 362. The van der Waals surface area contributed by atoms with E-state index in [1.165, 1.54) is 12.8 Å². The molecule has 4 heteroatoms. The van der Waals surface area contributed by atoms with Gasteiger partial charge in [-0.15, -0.1) is 0 Å². The van der Waals surface area contributed by atoms with Gasteiger partial charge >= 0.3 is 5.97 Å². The highest BCUT2D eigenvalue weighted by Crippen LogP contribution is 2.18. The first-order valence-corrected chi connectivity index (χ1v) is 6.33. The Morgan fingerprint density at radius 1 is 1.33 bits per heavy atom. The van der Waals surface area contributed by atoms with Gasteiger partial charge in [-0.25, -0.2) is 0 Å². The maximum atomic E-state index is 10.5. The zero-order valence-electron chi connectivity index (χ0n) is 10.8. The van der Waals surface area contributed by atoms with Gasteiger partial charge in [0.1, 0.15) is 5.75 Å². The van der Waals surface area contributed by atoms with Crippen molar-refractivity contribution in [1.29, 1.82) is 0 Å². The minimum Gasteiger partial charge on any atom is -0.494 e. The largest absolute Gasteiger partial charge is 0.494 e. The maximum absolute atomic E-state index is 10.5. The minimum absolute atomic E-state index is 0.0588. The van der Waals surface area contributed by atoms with Gasteiger partial charge in [0.15, 0.2) is 0 Å². The Kier molecular flexibility index (Phi) is 6.22. The monoisotopic (exact) mass is 251 g/mol. The first-order valence-electron chi connectivity index (χ1n) is 6.33. The van der Waals surface area contributed by atoms with Gasteiger partial charge < -0.3 is 15.6 Å². The molecule has 4 nitrogen and oxygen atoms in total. The van der Waals surface area contributed by atoms with Crippen LogP contribution in [0.25, 0.3) is 0 Å². The second-order valence-corrected chi connectivity index (χ2v) is 4.33. The average Bonchev–Trinajstić information content (AvgIpc) is 2.34. The molecule has 18 heavy (non-hydrogen) atoms. The summed E-state index contributed by atoms with van der Waals surface area (Å²) in [7, 11) is 0. The van der Waals surface area contributed by atoms with Crippen molar-refractivity contribution >= 4 is 5.97 Å². The molecule has 0 fully saturated rings. The lowest BCUT2D eigenvalue weighted by Gasteiger charge is -2.11. The summed E-state index contributed by atoms with van der Waals surface area (Å²) in [6.45, 7) is 2.87. The number of benzene rings is 1. The van der Waals surface area contributed by atoms with Crippen molar-refractivity contribution in [1.82, 2.24) is 0 Å². The Morgan fingerprint density at radius 3 is 2.56 bits per heavy atom. The molecule has 0 saturated carbocycles. The fourth-order valence-corrected chi connectivity index (χ4v) is 1.66. The van der Waals surface area contributed by atoms with Crippen molar-refractivity contribution in [3.63, 3.8) is 0 Å². The summed E-state index contributed by atoms with van der Waals surface area (Å²) in [4.78, 5) is 10.5. The van der Waals surface area contributed by atoms with E-state index in [9.17, 15) is 4.79 Å². The number of carboxylic acids is 1. The summed E-state index contributed by atoms with van der Waals surface area (Å²) < 4.78 is 5.57. The number of aliphatic carboxylic acids is 1. The predicted octanol–water partition coefficient (Wildman–Crippen LogP) is 2.73. The molecule has 0 aliphatic carbocycles. The van der Waals surface area contributed by atoms with E-state index >= 15 is 0 Å². The van der Waals surface area contributed by atoms with Crippen LogP contribution in [0.2, 0.25) is 0 Å². The molecular weight excluding hydrogens is 230 g/mol. The van der Waals surface area contributed by atoms with Crippen LogP contribution >= 0.6 is 0 Å². The van der Waals surface area contributed by atoms with Crippen molar-refractivity contribution in [2.24, 2.45) is 5.73 Å². The first-order chi connectivity index (χ1) is 8.63. The van der Waals surface area contributed by atoms with Gasteiger partial charge in [-0.05, 0) is 24.1 Å².